The number of aryl methyl sites for hydroxylation is 1. The zero-order valence-electron chi connectivity index (χ0n) is 16.3. The van der Waals surface area contributed by atoms with Gasteiger partial charge in [0.1, 0.15) is 18.5 Å². The first-order valence-corrected chi connectivity index (χ1v) is 9.68. The number of hydroxylamine groups is 1. The standard InChI is InChI=1S/C18H16BrF5N4O4/c1-2-8-3-9(18(22,23)24)5-25-16(8)26-15-11(4-12(19)13(20)14(15)21)17(30)28-32-7-10(6-29)27-31/h3-5,10,29H,2,6-7H2,1H3,(H,25,26)(H,28,30). The Balaban J connectivity index is 2.40. The SMILES string of the molecule is CCc1cc(C(F)(F)F)cnc1Nc1c(C(=O)NOCC(CO)N=O)cc(Br)c(F)c1F. The van der Waals surface area contributed by atoms with Gasteiger partial charge in [-0.25, -0.2) is 19.2 Å². The molecule has 0 spiro atoms. The number of amides is 1. The number of hydrogen-bond acceptors (Lipinski definition) is 7. The molecule has 0 aliphatic rings. The Morgan fingerprint density at radius 2 is 2.00 bits per heavy atom. The van der Waals surface area contributed by atoms with E-state index >= 15 is 0 Å². The molecule has 0 aliphatic carbocycles. The van der Waals surface area contributed by atoms with E-state index < -0.39 is 64.3 Å². The molecule has 3 N–H and O–H groups in total. The minimum atomic E-state index is -4.66. The minimum Gasteiger partial charge on any atom is -0.394 e. The average molecular weight is 527 g/mol. The largest absolute Gasteiger partial charge is 0.417 e. The maximum atomic E-state index is 14.6. The summed E-state index contributed by atoms with van der Waals surface area (Å²) in [6.45, 7) is 0.378. The third kappa shape index (κ3) is 5.95. The second kappa shape index (κ2) is 10.7. The van der Waals surface area contributed by atoms with E-state index in [2.05, 4.69) is 31.4 Å². The lowest BCUT2D eigenvalue weighted by molar-refractivity contribution is -0.137. The number of carbonyl (C=O) groups is 1. The Bertz CT molecular complexity index is 1010. The van der Waals surface area contributed by atoms with Crippen molar-refractivity contribution < 1.29 is 36.7 Å². The number of rotatable bonds is 9. The van der Waals surface area contributed by atoms with Crippen LogP contribution in [0.5, 0.6) is 0 Å². The fourth-order valence-electron chi connectivity index (χ4n) is 2.44. The number of halogens is 6. The first-order valence-electron chi connectivity index (χ1n) is 8.89. The maximum Gasteiger partial charge on any atom is 0.417 e. The summed E-state index contributed by atoms with van der Waals surface area (Å²) in [6, 6.07) is 0.539. The lowest BCUT2D eigenvalue weighted by atomic mass is 10.1. The fraction of sp³-hybridized carbons (Fsp3) is 0.333. The number of nitrogens with zero attached hydrogens (tertiary/aromatic N) is 2. The van der Waals surface area contributed by atoms with Gasteiger partial charge in [0.15, 0.2) is 11.6 Å². The Kier molecular flexibility index (Phi) is 8.58. The van der Waals surface area contributed by atoms with Gasteiger partial charge in [-0.1, -0.05) is 12.1 Å². The molecule has 1 atom stereocenters. The van der Waals surface area contributed by atoms with Gasteiger partial charge in [0.2, 0.25) is 0 Å². The van der Waals surface area contributed by atoms with Crippen molar-refractivity contribution in [3.8, 4) is 0 Å². The summed E-state index contributed by atoms with van der Waals surface area (Å²) in [6.07, 6.45) is -4.08. The van der Waals surface area contributed by atoms with Crippen LogP contribution in [0.3, 0.4) is 0 Å². The number of benzene rings is 1. The molecule has 0 bridgehead atoms. The van der Waals surface area contributed by atoms with E-state index in [0.717, 1.165) is 12.1 Å². The van der Waals surface area contributed by atoms with E-state index in [-0.39, 0.29) is 17.8 Å². The summed E-state index contributed by atoms with van der Waals surface area (Å²) in [5.74, 6) is -4.17. The highest BCUT2D eigenvalue weighted by atomic mass is 79.9. The quantitative estimate of drug-likeness (QED) is 0.195. The van der Waals surface area contributed by atoms with Crippen molar-refractivity contribution in [2.75, 3.05) is 18.5 Å². The van der Waals surface area contributed by atoms with Crippen molar-refractivity contribution in [1.82, 2.24) is 10.5 Å². The average Bonchev–Trinajstić information content (AvgIpc) is 2.76. The van der Waals surface area contributed by atoms with E-state index in [1.165, 1.54) is 6.92 Å². The van der Waals surface area contributed by atoms with E-state index in [1.807, 2.05) is 5.48 Å². The van der Waals surface area contributed by atoms with Crippen molar-refractivity contribution in [3.63, 3.8) is 0 Å². The molecule has 2 aromatic rings. The number of alkyl halides is 3. The van der Waals surface area contributed by atoms with E-state index in [9.17, 15) is 31.7 Å². The number of pyridine rings is 1. The number of aliphatic hydroxyl groups is 1. The summed E-state index contributed by atoms with van der Waals surface area (Å²) >= 11 is 2.76. The van der Waals surface area contributed by atoms with Crippen LogP contribution in [0, 0.1) is 16.5 Å². The van der Waals surface area contributed by atoms with Gasteiger partial charge in [0.05, 0.1) is 27.9 Å². The highest BCUT2D eigenvalue weighted by Gasteiger charge is 2.32. The van der Waals surface area contributed by atoms with Crippen molar-refractivity contribution in [1.29, 1.82) is 0 Å². The van der Waals surface area contributed by atoms with Crippen molar-refractivity contribution >= 4 is 33.3 Å². The van der Waals surface area contributed by atoms with Crippen molar-refractivity contribution in [3.05, 3.63) is 56.0 Å². The normalized spacial score (nSPS) is 12.4. The Morgan fingerprint density at radius 3 is 2.56 bits per heavy atom. The predicted octanol–water partition coefficient (Wildman–Crippen LogP) is 4.24. The third-order valence-electron chi connectivity index (χ3n) is 4.13. The van der Waals surface area contributed by atoms with Crippen LogP contribution in [0.1, 0.15) is 28.4 Å². The zero-order chi connectivity index (χ0) is 24.1. The molecule has 1 heterocycles. The van der Waals surface area contributed by atoms with E-state index in [0.29, 0.717) is 6.20 Å². The first-order chi connectivity index (χ1) is 15.0. The number of nitrogens with one attached hydrogen (secondary N) is 2. The van der Waals surface area contributed by atoms with Crippen LogP contribution in [-0.4, -0.2) is 35.3 Å². The number of anilines is 2. The topological polar surface area (TPSA) is 113 Å². The molecule has 0 fully saturated rings. The van der Waals surface area contributed by atoms with Gasteiger partial charge in [-0.15, -0.1) is 0 Å². The van der Waals surface area contributed by atoms with E-state index in [4.69, 9.17) is 9.94 Å². The van der Waals surface area contributed by atoms with Crippen molar-refractivity contribution in [2.45, 2.75) is 25.6 Å². The molecule has 1 amide bonds. The molecule has 14 heteroatoms. The molecule has 0 aliphatic heterocycles. The van der Waals surface area contributed by atoms with Gasteiger partial charge >= 0.3 is 6.18 Å². The molecule has 32 heavy (non-hydrogen) atoms. The molecular formula is C18H16BrF5N4O4. The summed E-state index contributed by atoms with van der Waals surface area (Å²) in [5, 5.41) is 13.8. The van der Waals surface area contributed by atoms with Crippen molar-refractivity contribution in [2.24, 2.45) is 5.18 Å². The van der Waals surface area contributed by atoms with Gasteiger partial charge in [0, 0.05) is 6.20 Å². The Labute approximate surface area is 186 Å². The van der Waals surface area contributed by atoms with Crippen LogP contribution in [0.15, 0.2) is 28.0 Å². The molecule has 0 saturated heterocycles. The molecule has 1 aromatic carbocycles. The number of aromatic nitrogens is 1. The predicted molar refractivity (Wildman–Crippen MR) is 106 cm³/mol. The minimum absolute atomic E-state index is 0.0352. The van der Waals surface area contributed by atoms with E-state index in [1.54, 1.807) is 0 Å². The second-order valence-electron chi connectivity index (χ2n) is 6.30. The molecule has 1 unspecified atom stereocenters. The maximum absolute atomic E-state index is 14.6. The Hall–Kier alpha value is -2.71. The molecular weight excluding hydrogens is 511 g/mol. The van der Waals surface area contributed by atoms with Gasteiger partial charge in [0.25, 0.3) is 5.91 Å². The van der Waals surface area contributed by atoms with Crippen LogP contribution in [0.25, 0.3) is 0 Å². The molecule has 0 saturated carbocycles. The second-order valence-corrected chi connectivity index (χ2v) is 7.16. The van der Waals surface area contributed by atoms with Crippen LogP contribution in [0.2, 0.25) is 0 Å². The number of aliphatic hydroxyl groups excluding tert-OH is 1. The smallest absolute Gasteiger partial charge is 0.394 e. The molecule has 8 nitrogen and oxygen atoms in total. The number of hydrogen-bond donors (Lipinski definition) is 3. The van der Waals surface area contributed by atoms with Gasteiger partial charge in [-0.2, -0.15) is 18.1 Å². The highest BCUT2D eigenvalue weighted by Crippen LogP contribution is 2.34. The summed E-state index contributed by atoms with van der Waals surface area (Å²) < 4.78 is 67.2. The summed E-state index contributed by atoms with van der Waals surface area (Å²) in [7, 11) is 0. The zero-order valence-corrected chi connectivity index (χ0v) is 17.9. The first kappa shape index (κ1) is 25.5. The lowest BCUT2D eigenvalue weighted by Crippen LogP contribution is -2.29. The lowest BCUT2D eigenvalue weighted by Gasteiger charge is -2.17. The van der Waals surface area contributed by atoms with Crippen LogP contribution >= 0.6 is 15.9 Å². The molecule has 0 radical (unpaired) electrons. The molecule has 174 valence electrons. The fourth-order valence-corrected chi connectivity index (χ4v) is 2.84. The summed E-state index contributed by atoms with van der Waals surface area (Å²) in [5.41, 5.74) is -0.303. The van der Waals surface area contributed by atoms with Crippen LogP contribution < -0.4 is 10.8 Å². The highest BCUT2D eigenvalue weighted by molar-refractivity contribution is 9.10. The van der Waals surface area contributed by atoms with Crippen LogP contribution in [0.4, 0.5) is 33.5 Å². The number of nitroso groups, excluding NO2 is 1. The third-order valence-corrected chi connectivity index (χ3v) is 4.70. The van der Waals surface area contributed by atoms with Crippen LogP contribution in [-0.2, 0) is 17.4 Å². The molecule has 2 rings (SSSR count). The van der Waals surface area contributed by atoms with Gasteiger partial charge < -0.3 is 10.4 Å². The van der Waals surface area contributed by atoms with Gasteiger partial charge in [-0.3, -0.25) is 9.63 Å². The number of carbonyl (C=O) groups excluding carboxylic acids is 1. The van der Waals surface area contributed by atoms with Gasteiger partial charge in [-0.05, 0) is 40.0 Å². The Morgan fingerprint density at radius 1 is 1.31 bits per heavy atom. The molecule has 1 aromatic heterocycles. The summed E-state index contributed by atoms with van der Waals surface area (Å²) in [4.78, 5) is 31.3. The monoisotopic (exact) mass is 526 g/mol.